The topological polar surface area (TPSA) is 76.8 Å². The quantitative estimate of drug-likeness (QED) is 0.648. The van der Waals surface area contributed by atoms with Gasteiger partial charge >= 0.3 is 0 Å². The highest BCUT2D eigenvalue weighted by Gasteiger charge is 2.20. The van der Waals surface area contributed by atoms with Gasteiger partial charge in [-0.1, -0.05) is 6.08 Å². The molecule has 19 heavy (non-hydrogen) atoms. The third-order valence-corrected chi connectivity index (χ3v) is 3.23. The summed E-state index contributed by atoms with van der Waals surface area (Å²) in [6.45, 7) is 1.30. The summed E-state index contributed by atoms with van der Waals surface area (Å²) in [7, 11) is 0. The minimum Gasteiger partial charge on any atom is -0.493 e. The molecular formula is C13H13N3O3. The lowest BCUT2D eigenvalue weighted by Crippen LogP contribution is -2.23. The van der Waals surface area contributed by atoms with Gasteiger partial charge in [-0.3, -0.25) is 15.1 Å². The first-order chi connectivity index (χ1) is 9.24. The first kappa shape index (κ1) is 11.7. The Hall–Kier alpha value is -2.37. The predicted molar refractivity (Wildman–Crippen MR) is 71.5 cm³/mol. The van der Waals surface area contributed by atoms with Crippen molar-refractivity contribution < 1.29 is 9.66 Å². The maximum Gasteiger partial charge on any atom is 0.270 e. The molecule has 1 atom stereocenters. The van der Waals surface area contributed by atoms with Gasteiger partial charge in [-0.05, 0) is 11.6 Å². The number of nitro benzene ring substituents is 1. The van der Waals surface area contributed by atoms with E-state index < -0.39 is 0 Å². The summed E-state index contributed by atoms with van der Waals surface area (Å²) in [5.74, 6) is 0.710. The number of rotatable bonds is 2. The number of benzene rings is 1. The van der Waals surface area contributed by atoms with Gasteiger partial charge in [0.1, 0.15) is 5.75 Å². The Bertz CT molecular complexity index is 572. The summed E-state index contributed by atoms with van der Waals surface area (Å²) < 4.78 is 5.54. The van der Waals surface area contributed by atoms with E-state index in [1.54, 1.807) is 18.5 Å². The average molecular weight is 259 g/mol. The number of ether oxygens (including phenoxy) is 1. The third kappa shape index (κ3) is 2.29. The number of aliphatic imine (C=N–C) groups is 1. The van der Waals surface area contributed by atoms with Gasteiger partial charge in [0.15, 0.2) is 0 Å². The molecule has 2 aliphatic rings. The minimum atomic E-state index is -0.385. The predicted octanol–water partition coefficient (Wildman–Crippen LogP) is 1.76. The number of non-ortho nitro benzene ring substituents is 1. The van der Waals surface area contributed by atoms with Crippen LogP contribution in [0.2, 0.25) is 0 Å². The van der Waals surface area contributed by atoms with E-state index in [4.69, 9.17) is 4.74 Å². The minimum absolute atomic E-state index is 0.0887. The van der Waals surface area contributed by atoms with E-state index in [2.05, 4.69) is 16.4 Å². The fraction of sp³-hybridized carbons (Fsp3) is 0.308. The maximum atomic E-state index is 10.9. The van der Waals surface area contributed by atoms with E-state index in [0.29, 0.717) is 18.9 Å². The standard InChI is InChI=1S/C13H13N3O3/c17-16(18)11-1-2-13-12(6-11)9(3-4-19-13)5-10-7-14-8-15-10/h1-2,5-6,8,10H,3-4,7H2,(H,14,15)/b9-5+. The Morgan fingerprint density at radius 3 is 3.16 bits per heavy atom. The Morgan fingerprint density at radius 1 is 1.53 bits per heavy atom. The van der Waals surface area contributed by atoms with Crippen LogP contribution in [0.25, 0.3) is 5.57 Å². The Balaban J connectivity index is 1.97. The van der Waals surface area contributed by atoms with Crippen LogP contribution < -0.4 is 10.1 Å². The van der Waals surface area contributed by atoms with Crippen molar-refractivity contribution in [2.24, 2.45) is 4.99 Å². The van der Waals surface area contributed by atoms with E-state index in [1.807, 2.05) is 0 Å². The lowest BCUT2D eigenvalue weighted by Gasteiger charge is -2.21. The lowest BCUT2D eigenvalue weighted by atomic mass is 9.97. The van der Waals surface area contributed by atoms with Crippen LogP contribution in [0.5, 0.6) is 5.75 Å². The van der Waals surface area contributed by atoms with Crippen molar-refractivity contribution in [1.29, 1.82) is 0 Å². The van der Waals surface area contributed by atoms with E-state index in [-0.39, 0.29) is 16.7 Å². The highest BCUT2D eigenvalue weighted by atomic mass is 16.6. The average Bonchev–Trinajstić information content (AvgIpc) is 2.91. The first-order valence-corrected chi connectivity index (χ1v) is 6.11. The Labute approximate surface area is 109 Å². The number of hydrogen-bond donors (Lipinski definition) is 1. The van der Waals surface area contributed by atoms with Gasteiger partial charge in [0.25, 0.3) is 5.69 Å². The van der Waals surface area contributed by atoms with Crippen molar-refractivity contribution in [3.63, 3.8) is 0 Å². The Morgan fingerprint density at radius 2 is 2.42 bits per heavy atom. The highest BCUT2D eigenvalue weighted by Crippen LogP contribution is 2.35. The fourth-order valence-corrected chi connectivity index (χ4v) is 2.30. The van der Waals surface area contributed by atoms with Gasteiger partial charge in [0.05, 0.1) is 30.5 Å². The van der Waals surface area contributed by atoms with E-state index >= 15 is 0 Å². The van der Waals surface area contributed by atoms with Crippen LogP contribution in [0, 0.1) is 10.1 Å². The molecule has 1 N–H and O–H groups in total. The summed E-state index contributed by atoms with van der Waals surface area (Å²) in [4.78, 5) is 14.6. The number of nitro groups is 1. The molecule has 1 unspecified atom stereocenters. The summed E-state index contributed by atoms with van der Waals surface area (Å²) in [6.07, 6.45) is 4.53. The zero-order chi connectivity index (χ0) is 13.2. The van der Waals surface area contributed by atoms with Gasteiger partial charge in [-0.15, -0.1) is 0 Å². The van der Waals surface area contributed by atoms with Crippen molar-refractivity contribution in [3.8, 4) is 5.75 Å². The maximum absolute atomic E-state index is 10.9. The second kappa shape index (κ2) is 4.72. The second-order valence-corrected chi connectivity index (χ2v) is 4.50. The molecule has 3 rings (SSSR count). The molecule has 2 heterocycles. The molecule has 0 aliphatic carbocycles. The van der Waals surface area contributed by atoms with Crippen LogP contribution >= 0.6 is 0 Å². The molecule has 0 fully saturated rings. The molecule has 0 aromatic heterocycles. The van der Waals surface area contributed by atoms with Crippen molar-refractivity contribution in [2.45, 2.75) is 12.5 Å². The Kier molecular flexibility index (Phi) is 2.91. The van der Waals surface area contributed by atoms with E-state index in [0.717, 1.165) is 17.6 Å². The highest BCUT2D eigenvalue weighted by molar-refractivity contribution is 5.75. The van der Waals surface area contributed by atoms with Crippen LogP contribution in [0.15, 0.2) is 29.3 Å². The number of nitrogens with one attached hydrogen (secondary N) is 1. The molecule has 0 saturated heterocycles. The summed E-state index contributed by atoms with van der Waals surface area (Å²) in [5.41, 5.74) is 1.98. The van der Waals surface area contributed by atoms with Crippen LogP contribution in [0.1, 0.15) is 12.0 Å². The van der Waals surface area contributed by atoms with Crippen LogP contribution in [-0.2, 0) is 0 Å². The molecule has 6 heteroatoms. The summed E-state index contributed by atoms with van der Waals surface area (Å²) in [6, 6.07) is 4.88. The van der Waals surface area contributed by atoms with E-state index in [9.17, 15) is 10.1 Å². The number of fused-ring (bicyclic) bond motifs is 1. The first-order valence-electron chi connectivity index (χ1n) is 6.11. The normalized spacial score (nSPS) is 22.7. The molecule has 0 bridgehead atoms. The molecule has 0 radical (unpaired) electrons. The fourth-order valence-electron chi connectivity index (χ4n) is 2.30. The SMILES string of the molecule is O=[N+]([O-])c1ccc2c(c1)/C(=C/C1CN=CN1)CCO2. The molecule has 0 spiro atoms. The zero-order valence-electron chi connectivity index (χ0n) is 10.2. The van der Waals surface area contributed by atoms with Gasteiger partial charge in [0.2, 0.25) is 0 Å². The van der Waals surface area contributed by atoms with Crippen LogP contribution in [-0.4, -0.2) is 30.5 Å². The molecule has 6 nitrogen and oxygen atoms in total. The molecule has 98 valence electrons. The molecule has 1 aromatic carbocycles. The molecular weight excluding hydrogens is 246 g/mol. The molecule has 1 aromatic rings. The number of hydrogen-bond acceptors (Lipinski definition) is 5. The summed E-state index contributed by atoms with van der Waals surface area (Å²) in [5, 5.41) is 14.0. The summed E-state index contributed by atoms with van der Waals surface area (Å²) >= 11 is 0. The van der Waals surface area contributed by atoms with Crippen molar-refractivity contribution in [2.75, 3.05) is 13.2 Å². The lowest BCUT2D eigenvalue weighted by molar-refractivity contribution is -0.384. The van der Waals surface area contributed by atoms with E-state index in [1.165, 1.54) is 6.07 Å². The number of nitrogens with zero attached hydrogens (tertiary/aromatic N) is 2. The second-order valence-electron chi connectivity index (χ2n) is 4.50. The van der Waals surface area contributed by atoms with Gasteiger partial charge < -0.3 is 10.1 Å². The molecule has 2 aliphatic heterocycles. The van der Waals surface area contributed by atoms with Crippen LogP contribution in [0.3, 0.4) is 0 Å². The monoisotopic (exact) mass is 259 g/mol. The third-order valence-electron chi connectivity index (χ3n) is 3.23. The van der Waals surface area contributed by atoms with Gasteiger partial charge in [-0.25, -0.2) is 0 Å². The van der Waals surface area contributed by atoms with Crippen LogP contribution in [0.4, 0.5) is 5.69 Å². The smallest absolute Gasteiger partial charge is 0.270 e. The van der Waals surface area contributed by atoms with Crippen molar-refractivity contribution in [3.05, 3.63) is 40.0 Å². The zero-order valence-corrected chi connectivity index (χ0v) is 10.2. The molecule has 0 amide bonds. The van der Waals surface area contributed by atoms with Crippen molar-refractivity contribution in [1.82, 2.24) is 5.32 Å². The largest absolute Gasteiger partial charge is 0.493 e. The van der Waals surface area contributed by atoms with Crippen molar-refractivity contribution >= 4 is 17.6 Å². The van der Waals surface area contributed by atoms with Gasteiger partial charge in [0, 0.05) is 24.1 Å². The van der Waals surface area contributed by atoms with Gasteiger partial charge in [-0.2, -0.15) is 0 Å². The molecule has 0 saturated carbocycles.